The first-order chi connectivity index (χ1) is 11.6. The summed E-state index contributed by atoms with van der Waals surface area (Å²) < 4.78 is 97.9. The fourth-order valence-electron chi connectivity index (χ4n) is 2.36. The summed E-state index contributed by atoms with van der Waals surface area (Å²) in [5.41, 5.74) is 2.19. The summed E-state index contributed by atoms with van der Waals surface area (Å²) in [7, 11) is -5.34. The Morgan fingerprint density at radius 1 is 1.27 bits per heavy atom. The van der Waals surface area contributed by atoms with E-state index in [1.54, 1.807) is 0 Å². The first-order valence-corrected chi connectivity index (χ1v) is 7.81. The van der Waals surface area contributed by atoms with Gasteiger partial charge in [-0.1, -0.05) is 0 Å². The molecule has 3 N–H and O–H groups in total. The van der Waals surface area contributed by atoms with Gasteiger partial charge in [0.2, 0.25) is 0 Å². The van der Waals surface area contributed by atoms with Crippen LogP contribution in [0, 0.1) is 0 Å². The maximum absolute atomic E-state index is 14.1. The van der Waals surface area contributed by atoms with E-state index >= 15 is 0 Å². The lowest BCUT2D eigenvalue weighted by Gasteiger charge is -2.34. The molecule has 0 aliphatic carbocycles. The number of carbonyl (C=O) groups excluding carboxylic acids is 3. The molecule has 2 fully saturated rings. The van der Waals surface area contributed by atoms with Gasteiger partial charge < -0.3 is 4.90 Å². The number of amides is 4. The van der Waals surface area contributed by atoms with Crippen LogP contribution in [0.4, 0.5) is 26.7 Å². The lowest BCUT2D eigenvalue weighted by Crippen LogP contribution is -2.59. The topological polar surface area (TPSA) is 145 Å². The van der Waals surface area contributed by atoms with Gasteiger partial charge in [0.05, 0.1) is 6.54 Å². The van der Waals surface area contributed by atoms with Crippen molar-refractivity contribution in [1.29, 1.82) is 0 Å². The van der Waals surface area contributed by atoms with Crippen LogP contribution in [0.5, 0.6) is 0 Å². The Labute approximate surface area is 140 Å². The van der Waals surface area contributed by atoms with Crippen molar-refractivity contribution < 1.29 is 53.6 Å². The van der Waals surface area contributed by atoms with Crippen molar-refractivity contribution in [3.05, 3.63) is 0 Å². The SMILES string of the molecule is O=C(NNC(=O)C(F)(F)F)[C@@H]1CC(F)(F)[C@@H]2CN1C(=O)N2OS(=O)(=O)O. The van der Waals surface area contributed by atoms with Gasteiger partial charge in [0, 0.05) is 6.42 Å². The lowest BCUT2D eigenvalue weighted by molar-refractivity contribution is -0.175. The number of hydrogen-bond acceptors (Lipinski definition) is 6. The molecule has 2 rings (SSSR count). The molecule has 0 spiro atoms. The van der Waals surface area contributed by atoms with Crippen LogP contribution >= 0.6 is 0 Å². The number of alkyl halides is 5. The lowest BCUT2D eigenvalue weighted by atomic mass is 9.96. The highest BCUT2D eigenvalue weighted by Gasteiger charge is 2.62. The zero-order valence-corrected chi connectivity index (χ0v) is 13.0. The van der Waals surface area contributed by atoms with E-state index in [2.05, 4.69) is 4.28 Å². The summed E-state index contributed by atoms with van der Waals surface area (Å²) in [5.74, 6) is -8.07. The third-order valence-corrected chi connectivity index (χ3v) is 3.80. The first kappa shape index (κ1) is 20.0. The van der Waals surface area contributed by atoms with Gasteiger partial charge in [-0.2, -0.15) is 26.7 Å². The van der Waals surface area contributed by atoms with E-state index in [9.17, 15) is 44.8 Å². The largest absolute Gasteiger partial charge is 0.472 e. The van der Waals surface area contributed by atoms with Gasteiger partial charge in [0.15, 0.2) is 0 Å². The van der Waals surface area contributed by atoms with Gasteiger partial charge in [-0.15, -0.1) is 4.28 Å². The van der Waals surface area contributed by atoms with Crippen LogP contribution in [0.2, 0.25) is 0 Å². The molecule has 2 saturated heterocycles. The number of halogens is 5. The number of fused-ring (bicyclic) bond motifs is 2. The molecular weight excluding hydrogens is 403 g/mol. The van der Waals surface area contributed by atoms with Gasteiger partial charge in [-0.3, -0.25) is 25.0 Å². The molecule has 0 saturated carbocycles. The molecular formula is C9H9F5N4O7S. The van der Waals surface area contributed by atoms with Crippen molar-refractivity contribution in [2.45, 2.75) is 30.6 Å². The zero-order valence-electron chi connectivity index (χ0n) is 12.2. The van der Waals surface area contributed by atoms with Crippen LogP contribution in [-0.2, 0) is 24.3 Å². The van der Waals surface area contributed by atoms with E-state index in [-0.39, 0.29) is 5.06 Å². The summed E-state index contributed by atoms with van der Waals surface area (Å²) in [5, 5.41) is -0.350. The van der Waals surface area contributed by atoms with Crippen LogP contribution in [-0.4, -0.2) is 71.5 Å². The highest BCUT2D eigenvalue weighted by Crippen LogP contribution is 2.40. The van der Waals surface area contributed by atoms with Gasteiger partial charge in [0.25, 0.3) is 11.8 Å². The van der Waals surface area contributed by atoms with E-state index in [0.29, 0.717) is 4.90 Å². The van der Waals surface area contributed by atoms with Crippen LogP contribution in [0.15, 0.2) is 0 Å². The zero-order chi connectivity index (χ0) is 20.1. The van der Waals surface area contributed by atoms with Crippen molar-refractivity contribution in [2.24, 2.45) is 0 Å². The number of hydroxylamine groups is 2. The number of hydrazine groups is 1. The molecule has 0 unspecified atom stereocenters. The summed E-state index contributed by atoms with van der Waals surface area (Å²) in [4.78, 5) is 34.7. The van der Waals surface area contributed by atoms with E-state index in [4.69, 9.17) is 4.55 Å². The Balaban J connectivity index is 2.16. The van der Waals surface area contributed by atoms with E-state index in [0.717, 1.165) is 5.43 Å². The Hall–Kier alpha value is -2.27. The van der Waals surface area contributed by atoms with Crippen molar-refractivity contribution in [1.82, 2.24) is 20.8 Å². The molecule has 2 aliphatic rings. The highest BCUT2D eigenvalue weighted by molar-refractivity contribution is 7.80. The average molecular weight is 412 g/mol. The second-order valence-corrected chi connectivity index (χ2v) is 6.21. The Morgan fingerprint density at radius 2 is 1.85 bits per heavy atom. The summed E-state index contributed by atoms with van der Waals surface area (Å²) in [6.07, 6.45) is -6.76. The molecule has 2 atom stereocenters. The number of piperidine rings is 1. The number of nitrogens with one attached hydrogen (secondary N) is 2. The molecule has 26 heavy (non-hydrogen) atoms. The quantitative estimate of drug-likeness (QED) is 0.304. The molecule has 2 aliphatic heterocycles. The minimum atomic E-state index is -5.36. The van der Waals surface area contributed by atoms with E-state index in [1.165, 1.54) is 5.43 Å². The molecule has 11 nitrogen and oxygen atoms in total. The monoisotopic (exact) mass is 412 g/mol. The number of nitrogens with zero attached hydrogens (tertiary/aromatic N) is 2. The molecule has 0 radical (unpaired) electrons. The van der Waals surface area contributed by atoms with Crippen LogP contribution in [0.3, 0.4) is 0 Å². The number of urea groups is 1. The fourth-order valence-corrected chi connectivity index (χ4v) is 2.73. The molecule has 2 heterocycles. The number of hydrogen-bond donors (Lipinski definition) is 3. The minimum Gasteiger partial charge on any atom is -0.308 e. The van der Waals surface area contributed by atoms with Crippen molar-refractivity contribution in [3.63, 3.8) is 0 Å². The van der Waals surface area contributed by atoms with Crippen LogP contribution < -0.4 is 10.9 Å². The van der Waals surface area contributed by atoms with E-state index in [1.807, 2.05) is 0 Å². The Kier molecular flexibility index (Phi) is 4.75. The summed E-state index contributed by atoms with van der Waals surface area (Å²) in [6, 6.07) is -5.77. The molecule has 17 heteroatoms. The minimum absolute atomic E-state index is 0.350. The average Bonchev–Trinajstić information content (AvgIpc) is 2.74. The molecule has 0 aromatic carbocycles. The van der Waals surface area contributed by atoms with E-state index < -0.39 is 65.4 Å². The summed E-state index contributed by atoms with van der Waals surface area (Å²) in [6.45, 7) is -0.924. The number of rotatable bonds is 3. The van der Waals surface area contributed by atoms with Crippen LogP contribution in [0.1, 0.15) is 6.42 Å². The molecule has 148 valence electrons. The molecule has 2 bridgehead atoms. The first-order valence-electron chi connectivity index (χ1n) is 6.45. The third kappa shape index (κ3) is 3.93. The number of carbonyl (C=O) groups is 3. The van der Waals surface area contributed by atoms with Crippen LogP contribution in [0.25, 0.3) is 0 Å². The maximum atomic E-state index is 14.1. The third-order valence-electron chi connectivity index (χ3n) is 3.45. The second-order valence-electron chi connectivity index (χ2n) is 5.20. The smallest absolute Gasteiger partial charge is 0.308 e. The Morgan fingerprint density at radius 3 is 2.35 bits per heavy atom. The standard InChI is InChI=1S/C9H9F5N4O7S/c10-8(11)1-3(5(19)15-16-6(20)9(12,13)14)17-2-4(8)18(7(17)21)25-26(22,23)24/h3-4H,1-2H2,(H,15,19)(H,16,20)(H,22,23,24)/t3-,4-/m0/s1. The summed E-state index contributed by atoms with van der Waals surface area (Å²) >= 11 is 0. The van der Waals surface area contributed by atoms with Gasteiger partial charge in [-0.25, -0.2) is 13.6 Å². The van der Waals surface area contributed by atoms with Gasteiger partial charge >= 0.3 is 28.5 Å². The molecule has 4 amide bonds. The molecule has 0 aromatic heterocycles. The maximum Gasteiger partial charge on any atom is 0.472 e. The van der Waals surface area contributed by atoms with Crippen molar-refractivity contribution in [3.8, 4) is 0 Å². The highest BCUT2D eigenvalue weighted by atomic mass is 32.3. The fraction of sp³-hybridized carbons (Fsp3) is 0.667. The predicted molar refractivity (Wildman–Crippen MR) is 66.1 cm³/mol. The van der Waals surface area contributed by atoms with Gasteiger partial charge in [-0.05, 0) is 0 Å². The normalized spacial score (nSPS) is 25.2. The second kappa shape index (κ2) is 6.16. The van der Waals surface area contributed by atoms with Gasteiger partial charge in [0.1, 0.15) is 12.1 Å². The molecule has 0 aromatic rings. The predicted octanol–water partition coefficient (Wildman–Crippen LogP) is -1.06. The van der Waals surface area contributed by atoms with Crippen molar-refractivity contribution in [2.75, 3.05) is 6.54 Å². The Bertz CT molecular complexity index is 741. The van der Waals surface area contributed by atoms with Crippen molar-refractivity contribution >= 4 is 28.2 Å².